The molecule has 606 valence electrons. The molecular formula is C83H162O17P2. The van der Waals surface area contributed by atoms with E-state index in [1.165, 1.54) is 225 Å². The van der Waals surface area contributed by atoms with Gasteiger partial charge >= 0.3 is 39.5 Å². The summed E-state index contributed by atoms with van der Waals surface area (Å²) >= 11 is 0. The molecule has 0 saturated heterocycles. The van der Waals surface area contributed by atoms with E-state index in [4.69, 9.17) is 37.0 Å². The molecule has 0 rings (SSSR count). The second kappa shape index (κ2) is 72.0. The standard InChI is InChI=1S/C83H162O17P2/c1-9-76(8)62-54-46-38-30-24-17-14-15-19-27-33-41-50-58-66-82(87)99-78(69-93-80(85)63-55-47-39-31-25-21-20-23-29-36-44-52-60-74(4)5)71-97-101(89,90)95-67-77(84)68-96-102(91,92)98-72-79(70-94-81(86)64-56-48-42-34-37-45-53-61-75(6)7)100-83(88)65-57-49-40-32-26-18-13-11-10-12-16-22-28-35-43-51-59-73(2)3/h73-79,84H,9-72H2,1-8H3,(H,89,90)(H,91,92)/t76?,77?,78-,79-/m1/s1. The van der Waals surface area contributed by atoms with Gasteiger partial charge in [-0.15, -0.1) is 0 Å². The topological polar surface area (TPSA) is 237 Å². The average molecular weight is 1490 g/mol. The lowest BCUT2D eigenvalue weighted by Gasteiger charge is -2.21. The molecule has 0 aromatic heterocycles. The molecule has 4 unspecified atom stereocenters. The fraction of sp³-hybridized carbons (Fsp3) is 0.952. The van der Waals surface area contributed by atoms with Gasteiger partial charge in [-0.2, -0.15) is 0 Å². The molecule has 3 N–H and O–H groups in total. The van der Waals surface area contributed by atoms with Crippen molar-refractivity contribution in [1.82, 2.24) is 0 Å². The van der Waals surface area contributed by atoms with Crippen molar-refractivity contribution in [3.8, 4) is 0 Å². The average Bonchev–Trinajstić information content (AvgIpc) is 0.908. The molecule has 17 nitrogen and oxygen atoms in total. The molecule has 0 amide bonds. The lowest BCUT2D eigenvalue weighted by molar-refractivity contribution is -0.161. The van der Waals surface area contributed by atoms with E-state index in [0.717, 1.165) is 114 Å². The first-order valence-corrected chi connectivity index (χ1v) is 45.7. The van der Waals surface area contributed by atoms with Crippen molar-refractivity contribution in [2.75, 3.05) is 39.6 Å². The molecule has 0 spiro atoms. The van der Waals surface area contributed by atoms with Crippen LogP contribution in [0.3, 0.4) is 0 Å². The van der Waals surface area contributed by atoms with Gasteiger partial charge in [0.15, 0.2) is 12.2 Å². The van der Waals surface area contributed by atoms with Crippen molar-refractivity contribution in [3.05, 3.63) is 0 Å². The van der Waals surface area contributed by atoms with E-state index in [2.05, 4.69) is 55.4 Å². The Morgan fingerprint density at radius 3 is 0.696 bits per heavy atom. The molecule has 0 aromatic carbocycles. The highest BCUT2D eigenvalue weighted by Crippen LogP contribution is 2.45. The fourth-order valence-electron chi connectivity index (χ4n) is 12.8. The highest BCUT2D eigenvalue weighted by atomic mass is 31.2. The van der Waals surface area contributed by atoms with Gasteiger partial charge in [0, 0.05) is 25.7 Å². The Morgan fingerprint density at radius 1 is 0.275 bits per heavy atom. The summed E-state index contributed by atoms with van der Waals surface area (Å²) < 4.78 is 68.8. The van der Waals surface area contributed by atoms with Crippen molar-refractivity contribution in [3.63, 3.8) is 0 Å². The van der Waals surface area contributed by atoms with Gasteiger partial charge in [0.2, 0.25) is 0 Å². The van der Waals surface area contributed by atoms with E-state index in [1.807, 2.05) is 0 Å². The van der Waals surface area contributed by atoms with Gasteiger partial charge in [0.25, 0.3) is 0 Å². The molecule has 0 aliphatic rings. The van der Waals surface area contributed by atoms with Gasteiger partial charge in [-0.3, -0.25) is 37.3 Å². The Morgan fingerprint density at radius 2 is 0.471 bits per heavy atom. The van der Waals surface area contributed by atoms with Crippen LogP contribution in [0.1, 0.15) is 428 Å². The number of unbranched alkanes of at least 4 members (excludes halogenated alkanes) is 45. The van der Waals surface area contributed by atoms with Crippen LogP contribution in [0.25, 0.3) is 0 Å². The van der Waals surface area contributed by atoms with Crippen LogP contribution in [0.4, 0.5) is 0 Å². The summed E-state index contributed by atoms with van der Waals surface area (Å²) in [5.74, 6) is 1.03. The molecule has 0 aliphatic carbocycles. The van der Waals surface area contributed by atoms with Crippen molar-refractivity contribution in [2.45, 2.75) is 446 Å². The predicted molar refractivity (Wildman–Crippen MR) is 418 cm³/mol. The summed E-state index contributed by atoms with van der Waals surface area (Å²) in [6, 6.07) is 0. The van der Waals surface area contributed by atoms with Gasteiger partial charge < -0.3 is 33.8 Å². The fourth-order valence-corrected chi connectivity index (χ4v) is 14.3. The van der Waals surface area contributed by atoms with Crippen molar-refractivity contribution < 1.29 is 80.2 Å². The number of aliphatic hydroxyl groups is 1. The summed E-state index contributed by atoms with van der Waals surface area (Å²) in [6.45, 7) is 14.3. The third kappa shape index (κ3) is 74.9. The number of phosphoric ester groups is 2. The Hall–Kier alpha value is -1.94. The van der Waals surface area contributed by atoms with E-state index < -0.39 is 97.5 Å². The smallest absolute Gasteiger partial charge is 0.462 e. The van der Waals surface area contributed by atoms with Crippen LogP contribution in [0, 0.1) is 23.7 Å². The Labute approximate surface area is 626 Å². The first-order valence-electron chi connectivity index (χ1n) is 42.7. The van der Waals surface area contributed by atoms with Gasteiger partial charge in [-0.1, -0.05) is 376 Å². The van der Waals surface area contributed by atoms with Crippen molar-refractivity contribution >= 4 is 39.5 Å². The largest absolute Gasteiger partial charge is 0.472 e. The van der Waals surface area contributed by atoms with Crippen molar-refractivity contribution in [1.29, 1.82) is 0 Å². The summed E-state index contributed by atoms with van der Waals surface area (Å²) in [5, 5.41) is 10.7. The monoisotopic (exact) mass is 1490 g/mol. The molecule has 0 fully saturated rings. The molecule has 19 heteroatoms. The van der Waals surface area contributed by atoms with Crippen LogP contribution < -0.4 is 0 Å². The third-order valence-electron chi connectivity index (χ3n) is 19.7. The molecule has 0 aromatic rings. The zero-order valence-corrected chi connectivity index (χ0v) is 69.0. The van der Waals surface area contributed by atoms with Crippen LogP contribution in [0.5, 0.6) is 0 Å². The van der Waals surface area contributed by atoms with Gasteiger partial charge in [-0.05, 0) is 49.4 Å². The SMILES string of the molecule is CCC(C)CCCCCCCCCCCCCCCCC(=O)O[C@H](COC(=O)CCCCCCCCCCCCCCC(C)C)COP(=O)(O)OCC(O)COP(=O)(O)OC[C@@H](COC(=O)CCCCCCCCCC(C)C)OC(=O)CCCCCCCCCCCCCCCCCCC(C)C. The highest BCUT2D eigenvalue weighted by molar-refractivity contribution is 7.47. The minimum atomic E-state index is -4.96. The third-order valence-corrected chi connectivity index (χ3v) is 21.6. The van der Waals surface area contributed by atoms with Gasteiger partial charge in [0.05, 0.1) is 26.4 Å². The summed E-state index contributed by atoms with van der Waals surface area (Å²) in [5.41, 5.74) is 0. The molecule has 102 heavy (non-hydrogen) atoms. The number of carbonyl (C=O) groups is 4. The lowest BCUT2D eigenvalue weighted by atomic mass is 9.99. The molecule has 6 atom stereocenters. The maximum absolute atomic E-state index is 13.1. The molecule has 0 aliphatic heterocycles. The first-order chi connectivity index (χ1) is 49.1. The number of rotatable bonds is 80. The van der Waals surface area contributed by atoms with E-state index >= 15 is 0 Å². The van der Waals surface area contributed by atoms with E-state index in [9.17, 15) is 43.2 Å². The number of hydrogen-bond donors (Lipinski definition) is 3. The second-order valence-corrected chi connectivity index (χ2v) is 34.4. The van der Waals surface area contributed by atoms with Crippen LogP contribution >= 0.6 is 15.6 Å². The molecular weight excluding hydrogens is 1330 g/mol. The molecule has 0 heterocycles. The summed E-state index contributed by atoms with van der Waals surface area (Å²) in [6.07, 6.45) is 59.7. The zero-order chi connectivity index (χ0) is 75.3. The minimum Gasteiger partial charge on any atom is -0.462 e. The molecule has 0 bridgehead atoms. The Balaban J connectivity index is 5.24. The van der Waals surface area contributed by atoms with E-state index in [-0.39, 0.29) is 25.7 Å². The van der Waals surface area contributed by atoms with Gasteiger partial charge in [0.1, 0.15) is 19.3 Å². The second-order valence-electron chi connectivity index (χ2n) is 31.5. The number of carbonyl (C=O) groups excluding carboxylic acids is 4. The van der Waals surface area contributed by atoms with E-state index in [0.29, 0.717) is 31.6 Å². The van der Waals surface area contributed by atoms with E-state index in [1.54, 1.807) is 0 Å². The predicted octanol–water partition coefficient (Wildman–Crippen LogP) is 24.8. The maximum Gasteiger partial charge on any atom is 0.472 e. The number of aliphatic hydroxyl groups excluding tert-OH is 1. The van der Waals surface area contributed by atoms with Crippen LogP contribution in [-0.2, 0) is 65.4 Å². The summed E-state index contributed by atoms with van der Waals surface area (Å²) in [7, 11) is -9.93. The van der Waals surface area contributed by atoms with Crippen molar-refractivity contribution in [2.24, 2.45) is 23.7 Å². The Bertz CT molecular complexity index is 1990. The normalized spacial score (nSPS) is 14.3. The number of hydrogen-bond acceptors (Lipinski definition) is 15. The first kappa shape index (κ1) is 100. The zero-order valence-electron chi connectivity index (χ0n) is 67.2. The summed E-state index contributed by atoms with van der Waals surface area (Å²) in [4.78, 5) is 73.1. The number of phosphoric acid groups is 2. The lowest BCUT2D eigenvalue weighted by Crippen LogP contribution is -2.30. The van der Waals surface area contributed by atoms with Crippen LogP contribution in [0.2, 0.25) is 0 Å². The minimum absolute atomic E-state index is 0.107. The molecule has 0 radical (unpaired) electrons. The number of ether oxygens (including phenoxy) is 4. The maximum atomic E-state index is 13.1. The van der Waals surface area contributed by atoms with Gasteiger partial charge in [-0.25, -0.2) is 9.13 Å². The quantitative estimate of drug-likeness (QED) is 0.0222. The van der Waals surface area contributed by atoms with Crippen LogP contribution in [-0.4, -0.2) is 96.7 Å². The number of esters is 4. The molecule has 0 saturated carbocycles. The van der Waals surface area contributed by atoms with Crippen LogP contribution in [0.15, 0.2) is 0 Å². The highest BCUT2D eigenvalue weighted by Gasteiger charge is 2.30. The Kier molecular flexibility index (Phi) is 70.6.